The SMILES string of the molecule is C=C/C(=C\C1Cc2cc3ccccc3cc2OC(=C)/C(C)=C(F)\C=C/1CC)C(=O)NCCCN1CCCC(C)C1. The van der Waals surface area contributed by atoms with E-state index in [2.05, 4.69) is 42.4 Å². The van der Waals surface area contributed by atoms with E-state index in [9.17, 15) is 4.79 Å². The number of ether oxygens (including phenoxy) is 1. The van der Waals surface area contributed by atoms with Crippen molar-refractivity contribution in [3.63, 3.8) is 0 Å². The van der Waals surface area contributed by atoms with Gasteiger partial charge in [-0.3, -0.25) is 4.79 Å². The van der Waals surface area contributed by atoms with Crippen molar-refractivity contribution in [2.75, 3.05) is 26.2 Å². The molecule has 2 heterocycles. The maximum absolute atomic E-state index is 15.3. The number of hydrogen-bond donors (Lipinski definition) is 1. The molecule has 0 spiro atoms. The van der Waals surface area contributed by atoms with Crippen molar-refractivity contribution in [1.82, 2.24) is 10.2 Å². The van der Waals surface area contributed by atoms with E-state index in [0.717, 1.165) is 53.9 Å². The third-order valence-electron chi connectivity index (χ3n) is 8.12. The molecule has 40 heavy (non-hydrogen) atoms. The lowest BCUT2D eigenvalue weighted by Gasteiger charge is -2.30. The van der Waals surface area contributed by atoms with Crippen molar-refractivity contribution >= 4 is 16.7 Å². The van der Waals surface area contributed by atoms with Crippen molar-refractivity contribution in [2.24, 2.45) is 11.8 Å². The van der Waals surface area contributed by atoms with Crippen molar-refractivity contribution in [3.05, 3.63) is 102 Å². The van der Waals surface area contributed by atoms with Crippen molar-refractivity contribution in [1.29, 1.82) is 0 Å². The van der Waals surface area contributed by atoms with Crippen LogP contribution in [0.1, 0.15) is 52.0 Å². The van der Waals surface area contributed by atoms with E-state index in [1.54, 1.807) is 19.1 Å². The summed E-state index contributed by atoms with van der Waals surface area (Å²) in [4.78, 5) is 15.7. The maximum atomic E-state index is 15.3. The first-order valence-electron chi connectivity index (χ1n) is 14.6. The number of nitrogens with one attached hydrogen (secondary N) is 1. The van der Waals surface area contributed by atoms with Gasteiger partial charge in [0.15, 0.2) is 0 Å². The standard InChI is InChI=1S/C35H43FN2O2/c1-6-27-21-33(36)25(4)26(5)40-34-22-30-14-9-8-13-29(30)19-32(34)20-31(27)18-28(7-2)35(39)37-15-11-17-38-16-10-12-24(3)23-38/h7-9,13-14,18-19,21-22,24,31H,2,5-6,10-12,15-17,20,23H2,1,3-4H3,(H,37,39)/b27-21-,28-18+,33-25+. The monoisotopic (exact) mass is 542 g/mol. The zero-order chi connectivity index (χ0) is 28.6. The molecular formula is C35H43FN2O2. The van der Waals surface area contributed by atoms with Crippen LogP contribution in [-0.2, 0) is 11.2 Å². The van der Waals surface area contributed by atoms with Crippen LogP contribution in [0, 0.1) is 11.8 Å². The number of fused-ring (bicyclic) bond motifs is 2. The summed E-state index contributed by atoms with van der Waals surface area (Å²) in [6.45, 7) is 17.8. The average Bonchev–Trinajstić information content (AvgIpc) is 2.95. The third kappa shape index (κ3) is 7.39. The Bertz CT molecular complexity index is 1350. The molecule has 1 saturated heterocycles. The fourth-order valence-corrected chi connectivity index (χ4v) is 5.69. The topological polar surface area (TPSA) is 41.6 Å². The van der Waals surface area contributed by atoms with Crippen LogP contribution in [0.5, 0.6) is 5.75 Å². The van der Waals surface area contributed by atoms with Gasteiger partial charge in [-0.25, -0.2) is 4.39 Å². The summed E-state index contributed by atoms with van der Waals surface area (Å²) in [5.74, 6) is 0.952. The Labute approximate surface area is 239 Å². The van der Waals surface area contributed by atoms with E-state index in [1.165, 1.54) is 12.8 Å². The molecule has 1 fully saturated rings. The highest BCUT2D eigenvalue weighted by molar-refractivity contribution is 5.96. The fourth-order valence-electron chi connectivity index (χ4n) is 5.69. The molecule has 2 aromatic carbocycles. The zero-order valence-corrected chi connectivity index (χ0v) is 24.3. The molecule has 5 heteroatoms. The molecule has 0 aromatic heterocycles. The van der Waals surface area contributed by atoms with Gasteiger partial charge in [-0.15, -0.1) is 0 Å². The number of amides is 1. The normalized spacial score (nSPS) is 24.1. The molecule has 2 aromatic rings. The number of carbonyl (C=O) groups excluding carboxylic acids is 1. The van der Waals surface area contributed by atoms with Crippen molar-refractivity contribution < 1.29 is 13.9 Å². The number of hydrogen-bond acceptors (Lipinski definition) is 3. The lowest BCUT2D eigenvalue weighted by Crippen LogP contribution is -2.36. The first kappa shape index (κ1) is 29.5. The van der Waals surface area contributed by atoms with Gasteiger partial charge in [-0.05, 0) is 92.6 Å². The molecule has 2 unspecified atom stereocenters. The number of piperidine rings is 1. The number of rotatable bonds is 8. The van der Waals surface area contributed by atoms with E-state index >= 15 is 4.39 Å². The minimum atomic E-state index is -0.374. The Morgan fingerprint density at radius 3 is 2.70 bits per heavy atom. The van der Waals surface area contributed by atoms with Gasteiger partial charge in [0.25, 0.3) is 5.91 Å². The lowest BCUT2D eigenvalue weighted by molar-refractivity contribution is -0.117. The molecule has 1 N–H and O–H groups in total. The molecule has 4 nitrogen and oxygen atoms in total. The molecule has 0 aliphatic carbocycles. The highest BCUT2D eigenvalue weighted by atomic mass is 19.1. The number of allylic oxidation sites excluding steroid dienone is 5. The van der Waals surface area contributed by atoms with Crippen LogP contribution in [0.2, 0.25) is 0 Å². The number of likely N-dealkylation sites (tertiary alicyclic amines) is 1. The second-order valence-electron chi connectivity index (χ2n) is 11.2. The molecular weight excluding hydrogens is 499 g/mol. The van der Waals surface area contributed by atoms with E-state index in [0.29, 0.717) is 42.0 Å². The zero-order valence-electron chi connectivity index (χ0n) is 24.3. The summed E-state index contributed by atoms with van der Waals surface area (Å²) < 4.78 is 21.5. The second-order valence-corrected chi connectivity index (χ2v) is 11.2. The van der Waals surface area contributed by atoms with Crippen molar-refractivity contribution in [2.45, 2.75) is 52.9 Å². The minimum absolute atomic E-state index is 0.148. The Kier molecular flexibility index (Phi) is 10.2. The molecule has 0 radical (unpaired) electrons. The van der Waals surface area contributed by atoms with Gasteiger partial charge >= 0.3 is 0 Å². The number of benzene rings is 2. The van der Waals surface area contributed by atoms with Gasteiger partial charge in [0, 0.05) is 30.2 Å². The van der Waals surface area contributed by atoms with E-state index < -0.39 is 0 Å². The van der Waals surface area contributed by atoms with Gasteiger partial charge in [0.2, 0.25) is 0 Å². The summed E-state index contributed by atoms with van der Waals surface area (Å²) in [6, 6.07) is 12.2. The Morgan fingerprint density at radius 1 is 1.25 bits per heavy atom. The van der Waals surface area contributed by atoms with Gasteiger partial charge in [0.1, 0.15) is 17.3 Å². The first-order valence-corrected chi connectivity index (χ1v) is 14.6. The predicted molar refractivity (Wildman–Crippen MR) is 164 cm³/mol. The average molecular weight is 543 g/mol. The van der Waals surface area contributed by atoms with E-state index in [1.807, 2.05) is 37.3 Å². The maximum Gasteiger partial charge on any atom is 0.250 e. The molecule has 2 aliphatic rings. The quantitative estimate of drug-likeness (QED) is 0.210. The molecule has 0 saturated carbocycles. The Hall–Kier alpha value is -3.44. The number of nitrogens with zero attached hydrogens (tertiary/aromatic N) is 1. The molecule has 2 aliphatic heterocycles. The third-order valence-corrected chi connectivity index (χ3v) is 8.12. The Balaban J connectivity index is 1.60. The van der Waals surface area contributed by atoms with Gasteiger partial charge in [-0.1, -0.05) is 69.0 Å². The van der Waals surface area contributed by atoms with Crippen LogP contribution in [-0.4, -0.2) is 37.0 Å². The van der Waals surface area contributed by atoms with Crippen LogP contribution in [0.4, 0.5) is 4.39 Å². The number of halogens is 1. The lowest BCUT2D eigenvalue weighted by atomic mass is 9.86. The van der Waals surface area contributed by atoms with Crippen LogP contribution in [0.15, 0.2) is 96.1 Å². The van der Waals surface area contributed by atoms with Gasteiger partial charge < -0.3 is 15.0 Å². The van der Waals surface area contributed by atoms with E-state index in [4.69, 9.17) is 4.74 Å². The van der Waals surface area contributed by atoms with Gasteiger partial charge in [-0.2, -0.15) is 0 Å². The van der Waals surface area contributed by atoms with Crippen molar-refractivity contribution in [3.8, 4) is 5.75 Å². The summed E-state index contributed by atoms with van der Waals surface area (Å²) >= 11 is 0. The molecule has 0 bridgehead atoms. The van der Waals surface area contributed by atoms with Gasteiger partial charge in [0.05, 0.1) is 0 Å². The summed E-state index contributed by atoms with van der Waals surface area (Å²) in [5, 5.41) is 5.21. The second kappa shape index (κ2) is 13.8. The van der Waals surface area contributed by atoms with Crippen LogP contribution in [0.25, 0.3) is 10.8 Å². The summed E-state index contributed by atoms with van der Waals surface area (Å²) in [6.07, 6.45) is 9.76. The summed E-state index contributed by atoms with van der Waals surface area (Å²) in [7, 11) is 0. The minimum Gasteiger partial charge on any atom is -0.457 e. The molecule has 2 atom stereocenters. The van der Waals surface area contributed by atoms with Crippen LogP contribution < -0.4 is 10.1 Å². The molecule has 1 amide bonds. The first-order chi connectivity index (χ1) is 19.3. The highest BCUT2D eigenvalue weighted by Crippen LogP contribution is 2.35. The smallest absolute Gasteiger partial charge is 0.250 e. The van der Waals surface area contributed by atoms with Crippen LogP contribution >= 0.6 is 0 Å². The predicted octanol–water partition coefficient (Wildman–Crippen LogP) is 7.84. The summed E-state index contributed by atoms with van der Waals surface area (Å²) in [5.41, 5.74) is 2.74. The number of carbonyl (C=O) groups is 1. The van der Waals surface area contributed by atoms with Crippen LogP contribution in [0.3, 0.4) is 0 Å². The fraction of sp³-hybridized carbons (Fsp3) is 0.400. The Morgan fingerprint density at radius 2 is 2.00 bits per heavy atom. The highest BCUT2D eigenvalue weighted by Gasteiger charge is 2.22. The molecule has 4 rings (SSSR count). The van der Waals surface area contributed by atoms with E-state index in [-0.39, 0.29) is 17.7 Å². The molecule has 212 valence electrons. The largest absolute Gasteiger partial charge is 0.457 e.